The molecular weight excluding hydrogens is 270 g/mol. The molecule has 0 atom stereocenters. The van der Waals surface area contributed by atoms with E-state index in [0.29, 0.717) is 5.16 Å². The number of aromatic nitrogens is 4. The fraction of sp³-hybridized carbons (Fsp3) is 0.100. The third-order valence-corrected chi connectivity index (χ3v) is 4.54. The Bertz CT molecular complexity index is 772. The van der Waals surface area contributed by atoms with Crippen LogP contribution in [0, 0.1) is 0 Å². The van der Waals surface area contributed by atoms with Crippen molar-refractivity contribution in [2.45, 2.75) is 9.50 Å². The average Bonchev–Trinajstić information content (AvgIpc) is 2.86. The molecule has 1 aromatic carbocycles. The van der Waals surface area contributed by atoms with E-state index in [1.165, 1.54) is 27.7 Å². The number of nitrogens with two attached hydrogens (primary N) is 1. The lowest BCUT2D eigenvalue weighted by Gasteiger charge is -1.93. The molecule has 0 fully saturated rings. The quantitative estimate of drug-likeness (QED) is 0.693. The first-order chi connectivity index (χ1) is 8.63. The number of anilines is 1. The predicted molar refractivity (Wildman–Crippen MR) is 72.0 cm³/mol. The zero-order valence-corrected chi connectivity index (χ0v) is 11.0. The fourth-order valence-corrected chi connectivity index (χ4v) is 3.48. The van der Waals surface area contributed by atoms with Crippen LogP contribution in [0.4, 0.5) is 5.69 Å². The molecule has 0 unspecified atom stereocenters. The molecule has 8 heteroatoms. The molecule has 3 N–H and O–H groups in total. The molecule has 0 spiro atoms. The van der Waals surface area contributed by atoms with E-state index in [1.807, 2.05) is 18.2 Å². The van der Waals surface area contributed by atoms with Gasteiger partial charge in [-0.15, -0.1) is 16.4 Å². The van der Waals surface area contributed by atoms with Gasteiger partial charge in [0.25, 0.3) is 0 Å². The highest BCUT2D eigenvalue weighted by atomic mass is 32.2. The zero-order valence-electron chi connectivity index (χ0n) is 9.38. The number of thiazole rings is 1. The van der Waals surface area contributed by atoms with Gasteiger partial charge in [0.1, 0.15) is 0 Å². The second kappa shape index (κ2) is 4.14. The highest BCUT2D eigenvalue weighted by molar-refractivity contribution is 8.01. The highest BCUT2D eigenvalue weighted by Gasteiger charge is 2.10. The lowest BCUT2D eigenvalue weighted by atomic mass is 10.3. The first-order valence-electron chi connectivity index (χ1n) is 5.09. The number of benzene rings is 1. The third-order valence-electron chi connectivity index (χ3n) is 2.41. The second-order valence-corrected chi connectivity index (χ2v) is 5.92. The molecule has 2 aromatic heterocycles. The molecular formula is C10H9N5OS2. The van der Waals surface area contributed by atoms with Crippen LogP contribution in [0.3, 0.4) is 0 Å². The summed E-state index contributed by atoms with van der Waals surface area (Å²) in [4.78, 5) is 15.7. The molecule has 0 aliphatic rings. The standard InChI is InChI=1S/C10H9N5OS2/c1-15-8(16)13-14-9(15)18-10-12-6-3-2-5(11)4-7(6)17-10/h2-4H,11H2,1H3,(H,13,16). The maximum Gasteiger partial charge on any atom is 0.343 e. The molecule has 0 radical (unpaired) electrons. The smallest absolute Gasteiger partial charge is 0.343 e. The van der Waals surface area contributed by atoms with Gasteiger partial charge in [0.05, 0.1) is 10.2 Å². The Balaban J connectivity index is 2.00. The maximum atomic E-state index is 11.2. The number of rotatable bonds is 2. The Morgan fingerprint density at radius 3 is 3.06 bits per heavy atom. The Kier molecular flexibility index (Phi) is 2.60. The SMILES string of the molecule is Cn1c(Sc2nc3ccc(N)cc3s2)n[nH]c1=O. The molecule has 0 aliphatic carbocycles. The Morgan fingerprint density at radius 2 is 2.33 bits per heavy atom. The minimum absolute atomic E-state index is 0.233. The number of hydrogen-bond acceptors (Lipinski definition) is 6. The topological polar surface area (TPSA) is 89.6 Å². The van der Waals surface area contributed by atoms with Gasteiger partial charge in [-0.05, 0) is 30.0 Å². The summed E-state index contributed by atoms with van der Waals surface area (Å²) in [6.07, 6.45) is 0. The van der Waals surface area contributed by atoms with Crippen LogP contribution in [0.5, 0.6) is 0 Å². The molecule has 3 aromatic rings. The fourth-order valence-electron chi connectivity index (χ4n) is 1.47. The lowest BCUT2D eigenvalue weighted by Crippen LogP contribution is -2.12. The molecule has 92 valence electrons. The number of nitrogens with one attached hydrogen (secondary N) is 1. The number of nitrogens with zero attached hydrogens (tertiary/aromatic N) is 3. The number of H-pyrrole nitrogens is 1. The molecule has 0 saturated heterocycles. The summed E-state index contributed by atoms with van der Waals surface area (Å²) in [5.74, 6) is 0. The van der Waals surface area contributed by atoms with Crippen molar-refractivity contribution in [3.63, 3.8) is 0 Å². The van der Waals surface area contributed by atoms with E-state index in [1.54, 1.807) is 7.05 Å². The monoisotopic (exact) mass is 279 g/mol. The lowest BCUT2D eigenvalue weighted by molar-refractivity contribution is 0.766. The number of hydrogen-bond donors (Lipinski definition) is 2. The summed E-state index contributed by atoms with van der Waals surface area (Å²) in [6.45, 7) is 0. The van der Waals surface area contributed by atoms with Crippen LogP contribution < -0.4 is 11.4 Å². The van der Waals surface area contributed by atoms with Crippen LogP contribution in [0.1, 0.15) is 0 Å². The molecule has 0 amide bonds. The van der Waals surface area contributed by atoms with Gasteiger partial charge in [0.15, 0.2) is 9.50 Å². The van der Waals surface area contributed by atoms with E-state index < -0.39 is 0 Å². The van der Waals surface area contributed by atoms with Crippen LogP contribution in [-0.4, -0.2) is 19.7 Å². The van der Waals surface area contributed by atoms with Crippen LogP contribution in [0.2, 0.25) is 0 Å². The van der Waals surface area contributed by atoms with Crippen molar-refractivity contribution in [1.82, 2.24) is 19.7 Å². The van der Waals surface area contributed by atoms with E-state index in [0.717, 1.165) is 20.2 Å². The second-order valence-electron chi connectivity index (χ2n) is 3.68. The Morgan fingerprint density at radius 1 is 1.50 bits per heavy atom. The maximum absolute atomic E-state index is 11.2. The summed E-state index contributed by atoms with van der Waals surface area (Å²) in [6, 6.07) is 5.59. The normalized spacial score (nSPS) is 11.2. The number of nitrogen functional groups attached to an aromatic ring is 1. The van der Waals surface area contributed by atoms with E-state index in [9.17, 15) is 4.79 Å². The van der Waals surface area contributed by atoms with Crippen molar-refractivity contribution in [2.24, 2.45) is 7.05 Å². The van der Waals surface area contributed by atoms with Gasteiger partial charge in [0, 0.05) is 12.7 Å². The molecule has 0 aliphatic heterocycles. The Hall–Kier alpha value is -1.80. The van der Waals surface area contributed by atoms with Gasteiger partial charge in [-0.25, -0.2) is 14.9 Å². The number of aromatic amines is 1. The van der Waals surface area contributed by atoms with E-state index in [-0.39, 0.29) is 5.69 Å². The van der Waals surface area contributed by atoms with Crippen molar-refractivity contribution in [1.29, 1.82) is 0 Å². The van der Waals surface area contributed by atoms with Crippen molar-refractivity contribution >= 4 is 39.0 Å². The van der Waals surface area contributed by atoms with E-state index in [4.69, 9.17) is 5.73 Å². The van der Waals surface area contributed by atoms with Crippen LogP contribution in [0.25, 0.3) is 10.2 Å². The summed E-state index contributed by atoms with van der Waals surface area (Å²) < 4.78 is 3.31. The van der Waals surface area contributed by atoms with Gasteiger partial charge in [-0.2, -0.15) is 0 Å². The predicted octanol–water partition coefficient (Wildman–Crippen LogP) is 1.45. The first-order valence-corrected chi connectivity index (χ1v) is 6.72. The van der Waals surface area contributed by atoms with Crippen LogP contribution >= 0.6 is 23.1 Å². The summed E-state index contributed by atoms with van der Waals surface area (Å²) in [5.41, 5.74) is 7.11. The van der Waals surface area contributed by atoms with Crippen molar-refractivity contribution in [2.75, 3.05) is 5.73 Å². The van der Waals surface area contributed by atoms with Crippen LogP contribution in [0.15, 0.2) is 32.5 Å². The largest absolute Gasteiger partial charge is 0.399 e. The van der Waals surface area contributed by atoms with Crippen LogP contribution in [-0.2, 0) is 7.05 Å². The van der Waals surface area contributed by atoms with Gasteiger partial charge in [0.2, 0.25) is 0 Å². The first kappa shape index (κ1) is 11.3. The average molecular weight is 279 g/mol. The molecule has 3 rings (SSSR count). The van der Waals surface area contributed by atoms with Crippen molar-refractivity contribution in [3.8, 4) is 0 Å². The minimum atomic E-state index is -0.233. The minimum Gasteiger partial charge on any atom is -0.399 e. The summed E-state index contributed by atoms with van der Waals surface area (Å²) in [7, 11) is 1.67. The molecule has 0 bridgehead atoms. The molecule has 6 nitrogen and oxygen atoms in total. The van der Waals surface area contributed by atoms with Gasteiger partial charge < -0.3 is 5.73 Å². The Labute approximate surface area is 110 Å². The van der Waals surface area contributed by atoms with E-state index >= 15 is 0 Å². The van der Waals surface area contributed by atoms with E-state index in [2.05, 4.69) is 15.2 Å². The van der Waals surface area contributed by atoms with Gasteiger partial charge >= 0.3 is 5.69 Å². The number of fused-ring (bicyclic) bond motifs is 1. The van der Waals surface area contributed by atoms with Crippen molar-refractivity contribution in [3.05, 3.63) is 28.7 Å². The summed E-state index contributed by atoms with van der Waals surface area (Å²) >= 11 is 2.88. The zero-order chi connectivity index (χ0) is 12.7. The molecule has 0 saturated carbocycles. The van der Waals surface area contributed by atoms with Gasteiger partial charge in [-0.3, -0.25) is 4.57 Å². The highest BCUT2D eigenvalue weighted by Crippen LogP contribution is 2.33. The van der Waals surface area contributed by atoms with Gasteiger partial charge in [-0.1, -0.05) is 0 Å². The molecule has 18 heavy (non-hydrogen) atoms. The molecule has 2 heterocycles. The summed E-state index contributed by atoms with van der Waals surface area (Å²) in [5, 5.41) is 6.91. The van der Waals surface area contributed by atoms with Crippen molar-refractivity contribution < 1.29 is 0 Å². The third kappa shape index (κ3) is 1.89.